The van der Waals surface area contributed by atoms with E-state index in [1.807, 2.05) is 0 Å². The summed E-state index contributed by atoms with van der Waals surface area (Å²) in [6, 6.07) is 5.53. The van der Waals surface area contributed by atoms with Crippen LogP contribution in [0.3, 0.4) is 0 Å². The fourth-order valence-electron chi connectivity index (χ4n) is 1.59. The number of benzene rings is 1. The van der Waals surface area contributed by atoms with Gasteiger partial charge >= 0.3 is 0 Å². The van der Waals surface area contributed by atoms with Crippen molar-refractivity contribution in [2.24, 2.45) is 5.92 Å². The number of nitrogens with one attached hydrogen (secondary N) is 1. The predicted molar refractivity (Wildman–Crippen MR) is 72.0 cm³/mol. The van der Waals surface area contributed by atoms with Crippen LogP contribution in [0.2, 0.25) is 0 Å². The summed E-state index contributed by atoms with van der Waals surface area (Å²) in [5, 5.41) is 9.11. The summed E-state index contributed by atoms with van der Waals surface area (Å²) in [4.78, 5) is 0.184. The molecule has 0 aliphatic heterocycles. The minimum absolute atomic E-state index is 0.0610. The van der Waals surface area contributed by atoms with Crippen LogP contribution in [0.15, 0.2) is 29.2 Å². The van der Waals surface area contributed by atoms with Crippen molar-refractivity contribution in [2.75, 3.05) is 6.54 Å². The highest BCUT2D eigenvalue weighted by molar-refractivity contribution is 7.89. The monoisotopic (exact) mass is 271 g/mol. The highest BCUT2D eigenvalue weighted by Gasteiger charge is 2.12. The lowest BCUT2D eigenvalue weighted by molar-refractivity contribution is 0.474. The Balaban J connectivity index is 2.43. The zero-order chi connectivity index (χ0) is 13.6. The average Bonchev–Trinajstić information content (AvgIpc) is 2.28. The quantitative estimate of drug-likeness (QED) is 0.749. The molecule has 0 heterocycles. The molecule has 4 nitrogen and oxygen atoms in total. The van der Waals surface area contributed by atoms with Crippen LogP contribution in [0.1, 0.15) is 33.1 Å². The average molecular weight is 271 g/mol. The van der Waals surface area contributed by atoms with E-state index in [1.165, 1.54) is 24.3 Å². The molecule has 5 heteroatoms. The molecule has 0 atom stereocenters. The van der Waals surface area contributed by atoms with E-state index in [0.29, 0.717) is 12.5 Å². The van der Waals surface area contributed by atoms with Crippen LogP contribution in [0, 0.1) is 5.92 Å². The number of aromatic hydroxyl groups is 1. The molecule has 0 saturated carbocycles. The normalized spacial score (nSPS) is 11.9. The van der Waals surface area contributed by atoms with Crippen molar-refractivity contribution in [3.8, 4) is 5.75 Å². The lowest BCUT2D eigenvalue weighted by Crippen LogP contribution is -2.24. The highest BCUT2D eigenvalue weighted by Crippen LogP contribution is 2.14. The molecule has 0 amide bonds. The molecular weight excluding hydrogens is 250 g/mol. The van der Waals surface area contributed by atoms with E-state index in [-0.39, 0.29) is 10.6 Å². The number of hydrogen-bond acceptors (Lipinski definition) is 3. The van der Waals surface area contributed by atoms with Crippen molar-refractivity contribution in [1.82, 2.24) is 4.72 Å². The molecule has 1 aromatic carbocycles. The van der Waals surface area contributed by atoms with Crippen LogP contribution >= 0.6 is 0 Å². The summed E-state index contributed by atoms with van der Waals surface area (Å²) in [6.07, 6.45) is 2.98. The SMILES string of the molecule is CC(C)CCCCNS(=O)(=O)c1ccc(O)cc1. The first-order valence-corrected chi connectivity index (χ1v) is 7.69. The number of rotatable bonds is 7. The van der Waals surface area contributed by atoms with Gasteiger partial charge in [-0.3, -0.25) is 0 Å². The zero-order valence-electron chi connectivity index (χ0n) is 10.9. The van der Waals surface area contributed by atoms with E-state index in [9.17, 15) is 8.42 Å². The van der Waals surface area contributed by atoms with Crippen molar-refractivity contribution >= 4 is 10.0 Å². The smallest absolute Gasteiger partial charge is 0.240 e. The van der Waals surface area contributed by atoms with Gasteiger partial charge in [0.2, 0.25) is 10.0 Å². The summed E-state index contributed by atoms with van der Waals surface area (Å²) in [5.41, 5.74) is 0. The lowest BCUT2D eigenvalue weighted by atomic mass is 10.1. The standard InChI is InChI=1S/C13H21NO3S/c1-11(2)5-3-4-10-14-18(16,17)13-8-6-12(15)7-9-13/h6-9,11,14-15H,3-5,10H2,1-2H3. The maximum absolute atomic E-state index is 11.8. The highest BCUT2D eigenvalue weighted by atomic mass is 32.2. The first-order valence-electron chi connectivity index (χ1n) is 6.20. The molecule has 2 N–H and O–H groups in total. The van der Waals surface area contributed by atoms with Crippen LogP contribution in [0.25, 0.3) is 0 Å². The Kier molecular flexibility index (Phi) is 5.62. The molecule has 0 aromatic heterocycles. The van der Waals surface area contributed by atoms with Crippen LogP contribution in [-0.4, -0.2) is 20.1 Å². The fraction of sp³-hybridized carbons (Fsp3) is 0.538. The second-order valence-electron chi connectivity index (χ2n) is 4.78. The van der Waals surface area contributed by atoms with Crippen molar-refractivity contribution in [2.45, 2.75) is 38.0 Å². The van der Waals surface area contributed by atoms with Crippen molar-refractivity contribution in [3.63, 3.8) is 0 Å². The first-order chi connectivity index (χ1) is 8.42. The molecule has 0 aliphatic carbocycles. The van der Waals surface area contributed by atoms with Gasteiger partial charge in [0.25, 0.3) is 0 Å². The summed E-state index contributed by atoms with van der Waals surface area (Å²) in [6.45, 7) is 4.76. The summed E-state index contributed by atoms with van der Waals surface area (Å²) < 4.78 is 26.3. The van der Waals surface area contributed by atoms with Gasteiger partial charge in [-0.2, -0.15) is 0 Å². The molecular formula is C13H21NO3S. The molecule has 1 rings (SSSR count). The first kappa shape index (κ1) is 15.0. The molecule has 0 radical (unpaired) electrons. The zero-order valence-corrected chi connectivity index (χ0v) is 11.7. The Hall–Kier alpha value is -1.07. The van der Waals surface area contributed by atoms with Gasteiger partial charge in [0.1, 0.15) is 5.75 Å². The van der Waals surface area contributed by atoms with E-state index >= 15 is 0 Å². The maximum atomic E-state index is 11.8. The number of hydrogen-bond donors (Lipinski definition) is 2. The van der Waals surface area contributed by atoms with E-state index < -0.39 is 10.0 Å². The summed E-state index contributed by atoms with van der Waals surface area (Å²) in [5.74, 6) is 0.713. The van der Waals surface area contributed by atoms with Crippen LogP contribution in [0.5, 0.6) is 5.75 Å². The van der Waals surface area contributed by atoms with Gasteiger partial charge in [-0.1, -0.05) is 26.7 Å². The summed E-state index contributed by atoms with van der Waals surface area (Å²) in [7, 11) is -3.44. The summed E-state index contributed by atoms with van der Waals surface area (Å²) >= 11 is 0. The van der Waals surface area contributed by atoms with Gasteiger partial charge in [0.05, 0.1) is 4.90 Å². The van der Waals surface area contributed by atoms with E-state index in [1.54, 1.807) is 0 Å². The van der Waals surface area contributed by atoms with Crippen molar-refractivity contribution < 1.29 is 13.5 Å². The van der Waals surface area contributed by atoms with Gasteiger partial charge in [0.15, 0.2) is 0 Å². The fourth-order valence-corrected chi connectivity index (χ4v) is 2.67. The topological polar surface area (TPSA) is 66.4 Å². The van der Waals surface area contributed by atoms with E-state index in [0.717, 1.165) is 19.3 Å². The molecule has 18 heavy (non-hydrogen) atoms. The lowest BCUT2D eigenvalue weighted by Gasteiger charge is -2.07. The molecule has 0 spiro atoms. The number of phenolic OH excluding ortho intramolecular Hbond substituents is 1. The van der Waals surface area contributed by atoms with Crippen LogP contribution in [-0.2, 0) is 10.0 Å². The van der Waals surface area contributed by atoms with Crippen molar-refractivity contribution in [1.29, 1.82) is 0 Å². The third kappa shape index (κ3) is 5.06. The number of unbranched alkanes of at least 4 members (excludes halogenated alkanes) is 1. The second kappa shape index (κ2) is 6.75. The van der Waals surface area contributed by atoms with Gasteiger partial charge < -0.3 is 5.11 Å². The Morgan fingerprint density at radius 3 is 2.33 bits per heavy atom. The van der Waals surface area contributed by atoms with Gasteiger partial charge in [-0.05, 0) is 36.6 Å². The maximum Gasteiger partial charge on any atom is 0.240 e. The molecule has 0 fully saturated rings. The van der Waals surface area contributed by atoms with Crippen LogP contribution in [0.4, 0.5) is 0 Å². The molecule has 102 valence electrons. The second-order valence-corrected chi connectivity index (χ2v) is 6.55. The third-order valence-corrected chi connectivity index (χ3v) is 4.12. The minimum atomic E-state index is -3.44. The predicted octanol–water partition coefficient (Wildman–Crippen LogP) is 2.50. The Morgan fingerprint density at radius 1 is 1.17 bits per heavy atom. The van der Waals surface area contributed by atoms with Gasteiger partial charge in [-0.15, -0.1) is 0 Å². The molecule has 0 bridgehead atoms. The van der Waals surface area contributed by atoms with Gasteiger partial charge in [-0.25, -0.2) is 13.1 Å². The van der Waals surface area contributed by atoms with E-state index in [4.69, 9.17) is 5.11 Å². The number of sulfonamides is 1. The largest absolute Gasteiger partial charge is 0.508 e. The van der Waals surface area contributed by atoms with E-state index in [2.05, 4.69) is 18.6 Å². The third-order valence-electron chi connectivity index (χ3n) is 2.65. The van der Waals surface area contributed by atoms with Crippen LogP contribution < -0.4 is 4.72 Å². The molecule has 1 aromatic rings. The molecule has 0 saturated heterocycles. The Bertz CT molecular complexity index is 452. The molecule has 0 aliphatic rings. The number of phenols is 1. The Labute approximate surface area is 109 Å². The van der Waals surface area contributed by atoms with Gasteiger partial charge in [0, 0.05) is 6.54 Å². The molecule has 0 unspecified atom stereocenters. The Morgan fingerprint density at radius 2 is 1.78 bits per heavy atom. The minimum Gasteiger partial charge on any atom is -0.508 e. The van der Waals surface area contributed by atoms with Crippen molar-refractivity contribution in [3.05, 3.63) is 24.3 Å².